The molecule has 2 aromatic carbocycles. The molecule has 0 aromatic heterocycles. The minimum Gasteiger partial charge on any atom is -0.457 e. The van der Waals surface area contributed by atoms with Crippen LogP contribution in [0.2, 0.25) is 0 Å². The van der Waals surface area contributed by atoms with Crippen LogP contribution in [-0.2, 0) is 4.79 Å². The first-order valence-corrected chi connectivity index (χ1v) is 10.2. The van der Waals surface area contributed by atoms with Crippen LogP contribution in [0.5, 0.6) is 11.5 Å². The Hall–Kier alpha value is -2.88. The van der Waals surface area contributed by atoms with E-state index < -0.39 is 37.0 Å². The Labute approximate surface area is 182 Å². The molecule has 0 saturated carbocycles. The van der Waals surface area contributed by atoms with Crippen molar-refractivity contribution in [3.63, 3.8) is 0 Å². The Balaban J connectivity index is 2.03. The van der Waals surface area contributed by atoms with Crippen molar-refractivity contribution in [1.29, 1.82) is 0 Å². The summed E-state index contributed by atoms with van der Waals surface area (Å²) in [6.45, 7) is 5.12. The summed E-state index contributed by atoms with van der Waals surface area (Å²) in [4.78, 5) is 25.2. The fourth-order valence-corrected chi connectivity index (χ4v) is 2.96. The average Bonchev–Trinajstić information content (AvgIpc) is 2.72. The summed E-state index contributed by atoms with van der Waals surface area (Å²) in [7, 11) is -1.76. The van der Waals surface area contributed by atoms with Crippen LogP contribution in [0.1, 0.15) is 37.6 Å². The number of hydrogen-bond donors (Lipinski definition) is 5. The molecule has 2 rings (SSSR count). The molecule has 0 fully saturated rings. The average molecular weight is 428 g/mol. The molecule has 0 aliphatic heterocycles. The lowest BCUT2D eigenvalue weighted by molar-refractivity contribution is -0.125. The van der Waals surface area contributed by atoms with Crippen LogP contribution < -0.4 is 15.4 Å². The topological polar surface area (TPSA) is 128 Å². The number of ether oxygens (including phenoxy) is 1. The van der Waals surface area contributed by atoms with Crippen LogP contribution >= 0.6 is 0 Å². The highest BCUT2D eigenvalue weighted by Crippen LogP contribution is 2.21. The minimum absolute atomic E-state index is 0.100. The van der Waals surface area contributed by atoms with Crippen molar-refractivity contribution in [2.45, 2.75) is 45.3 Å². The molecule has 5 N–H and O–H groups in total. The van der Waals surface area contributed by atoms with Gasteiger partial charge in [-0.05, 0) is 55.7 Å². The highest BCUT2D eigenvalue weighted by atomic mass is 16.5. The summed E-state index contributed by atoms with van der Waals surface area (Å²) in [5.74, 6) is -0.875. The quantitative estimate of drug-likeness (QED) is 0.365. The standard InChI is InChI=1S/C22H29BN2O6/c1-14(2)13-19(23(29)30)24-22(28)20(15(3)26)25-21(27)16-9-11-18(12-10-16)31-17-7-5-4-6-8-17/h4-12,14-15,19-20,26,29-30H,13H2,1-3H3,(H,24,28)(H,25,27)/t15-,19+,20+/m1/s1. The van der Waals surface area contributed by atoms with E-state index in [9.17, 15) is 24.7 Å². The molecule has 0 aliphatic rings. The van der Waals surface area contributed by atoms with E-state index in [0.29, 0.717) is 17.9 Å². The summed E-state index contributed by atoms with van der Waals surface area (Å²) in [6, 6.07) is 14.3. The van der Waals surface area contributed by atoms with E-state index in [1.165, 1.54) is 6.92 Å². The monoisotopic (exact) mass is 428 g/mol. The smallest absolute Gasteiger partial charge is 0.457 e. The lowest BCUT2D eigenvalue weighted by Crippen LogP contribution is -2.57. The molecule has 0 bridgehead atoms. The summed E-state index contributed by atoms with van der Waals surface area (Å²) in [6.07, 6.45) is -0.868. The van der Waals surface area contributed by atoms with Crippen LogP contribution in [0, 0.1) is 5.92 Å². The first-order chi connectivity index (χ1) is 14.7. The zero-order valence-electron chi connectivity index (χ0n) is 17.9. The zero-order chi connectivity index (χ0) is 23.0. The minimum atomic E-state index is -1.76. The molecular formula is C22H29BN2O6. The van der Waals surface area contributed by atoms with E-state index in [1.807, 2.05) is 44.2 Å². The molecule has 0 saturated heterocycles. The van der Waals surface area contributed by atoms with Gasteiger partial charge in [0, 0.05) is 5.56 Å². The Bertz CT molecular complexity index is 843. The van der Waals surface area contributed by atoms with Crippen molar-refractivity contribution >= 4 is 18.9 Å². The van der Waals surface area contributed by atoms with Crippen molar-refractivity contribution in [2.24, 2.45) is 5.92 Å². The number of aliphatic hydroxyl groups excluding tert-OH is 1. The van der Waals surface area contributed by atoms with Crippen LogP contribution in [0.15, 0.2) is 54.6 Å². The predicted molar refractivity (Wildman–Crippen MR) is 117 cm³/mol. The lowest BCUT2D eigenvalue weighted by atomic mass is 9.75. The third-order valence-electron chi connectivity index (χ3n) is 4.56. The number of benzene rings is 2. The van der Waals surface area contributed by atoms with Gasteiger partial charge in [0.2, 0.25) is 5.91 Å². The molecule has 0 heterocycles. The molecule has 3 atom stereocenters. The molecule has 2 amide bonds. The number of nitrogens with one attached hydrogen (secondary N) is 2. The van der Waals surface area contributed by atoms with Gasteiger partial charge in [-0.25, -0.2) is 0 Å². The van der Waals surface area contributed by atoms with Gasteiger partial charge in [-0.3, -0.25) is 9.59 Å². The van der Waals surface area contributed by atoms with Crippen LogP contribution in [0.25, 0.3) is 0 Å². The number of carbonyl (C=O) groups excluding carboxylic acids is 2. The van der Waals surface area contributed by atoms with Gasteiger partial charge in [0.05, 0.1) is 12.0 Å². The number of rotatable bonds is 10. The van der Waals surface area contributed by atoms with Gasteiger partial charge < -0.3 is 30.5 Å². The van der Waals surface area contributed by atoms with Gasteiger partial charge >= 0.3 is 7.12 Å². The lowest BCUT2D eigenvalue weighted by Gasteiger charge is -2.25. The first kappa shape index (κ1) is 24.4. The summed E-state index contributed by atoms with van der Waals surface area (Å²) in [5, 5.41) is 34.0. The second-order valence-corrected chi connectivity index (χ2v) is 7.79. The maximum Gasteiger partial charge on any atom is 0.475 e. The molecule has 0 unspecified atom stereocenters. The van der Waals surface area contributed by atoms with Gasteiger partial charge in [0.15, 0.2) is 0 Å². The number of para-hydroxylation sites is 1. The Morgan fingerprint density at radius 2 is 1.52 bits per heavy atom. The van der Waals surface area contributed by atoms with Crippen molar-refractivity contribution in [3.8, 4) is 11.5 Å². The van der Waals surface area contributed by atoms with E-state index in [1.54, 1.807) is 24.3 Å². The number of aliphatic hydroxyl groups is 1. The number of carbonyl (C=O) groups is 2. The van der Waals surface area contributed by atoms with Gasteiger partial charge in [-0.2, -0.15) is 0 Å². The largest absolute Gasteiger partial charge is 0.475 e. The Morgan fingerprint density at radius 1 is 0.935 bits per heavy atom. The maximum absolute atomic E-state index is 12.6. The predicted octanol–water partition coefficient (Wildman–Crippen LogP) is 1.50. The van der Waals surface area contributed by atoms with Crippen molar-refractivity contribution in [3.05, 3.63) is 60.2 Å². The molecule has 0 radical (unpaired) electrons. The van der Waals surface area contributed by atoms with Crippen molar-refractivity contribution in [2.75, 3.05) is 0 Å². The molecule has 9 heteroatoms. The fraction of sp³-hybridized carbons (Fsp3) is 0.364. The van der Waals surface area contributed by atoms with Gasteiger partial charge in [-0.1, -0.05) is 32.0 Å². The van der Waals surface area contributed by atoms with Crippen molar-refractivity contribution in [1.82, 2.24) is 10.6 Å². The molecule has 0 spiro atoms. The van der Waals surface area contributed by atoms with Gasteiger partial charge in [0.1, 0.15) is 17.5 Å². The van der Waals surface area contributed by atoms with Gasteiger partial charge in [-0.15, -0.1) is 0 Å². The van der Waals surface area contributed by atoms with Crippen LogP contribution in [0.4, 0.5) is 0 Å². The third-order valence-corrected chi connectivity index (χ3v) is 4.56. The second-order valence-electron chi connectivity index (χ2n) is 7.79. The SMILES string of the molecule is CC(C)C[C@H](NC(=O)[C@@H](NC(=O)c1ccc(Oc2ccccc2)cc1)[C@@H](C)O)B(O)O. The van der Waals surface area contributed by atoms with Crippen LogP contribution in [0.3, 0.4) is 0 Å². The molecular weight excluding hydrogens is 399 g/mol. The van der Waals surface area contributed by atoms with E-state index in [0.717, 1.165) is 0 Å². The summed E-state index contributed by atoms with van der Waals surface area (Å²) >= 11 is 0. The first-order valence-electron chi connectivity index (χ1n) is 10.2. The Kier molecular flexibility index (Phi) is 9.05. The maximum atomic E-state index is 12.6. The molecule has 2 aromatic rings. The van der Waals surface area contributed by atoms with E-state index in [-0.39, 0.29) is 11.5 Å². The fourth-order valence-electron chi connectivity index (χ4n) is 2.96. The van der Waals surface area contributed by atoms with E-state index in [4.69, 9.17) is 4.74 Å². The molecule has 166 valence electrons. The molecule has 8 nitrogen and oxygen atoms in total. The van der Waals surface area contributed by atoms with Gasteiger partial charge in [0.25, 0.3) is 5.91 Å². The number of hydrogen-bond acceptors (Lipinski definition) is 6. The van der Waals surface area contributed by atoms with E-state index in [2.05, 4.69) is 10.6 Å². The Morgan fingerprint density at radius 3 is 2.03 bits per heavy atom. The summed E-state index contributed by atoms with van der Waals surface area (Å²) in [5.41, 5.74) is 0.278. The highest BCUT2D eigenvalue weighted by molar-refractivity contribution is 6.43. The molecule has 31 heavy (non-hydrogen) atoms. The molecule has 0 aliphatic carbocycles. The van der Waals surface area contributed by atoms with Crippen LogP contribution in [-0.4, -0.2) is 52.2 Å². The third kappa shape index (κ3) is 7.71. The van der Waals surface area contributed by atoms with Crippen molar-refractivity contribution < 1.29 is 29.5 Å². The van der Waals surface area contributed by atoms with E-state index >= 15 is 0 Å². The zero-order valence-corrected chi connectivity index (χ0v) is 17.9. The second kappa shape index (κ2) is 11.5. The highest BCUT2D eigenvalue weighted by Gasteiger charge is 2.32. The number of amides is 2. The normalized spacial score (nSPS) is 13.8. The summed E-state index contributed by atoms with van der Waals surface area (Å²) < 4.78 is 5.69.